The van der Waals surface area contributed by atoms with E-state index < -0.39 is 5.97 Å². The third kappa shape index (κ3) is 6.27. The van der Waals surface area contributed by atoms with Crippen molar-refractivity contribution in [2.24, 2.45) is 5.10 Å². The standard InChI is InChI=1S/C21H14BrCl2N3O2S/c22-14-8-9-19(29-20(28)17-6-1-2-7-18(17)24)13(10-14)12-25-27-21(30)26-16-5-3-4-15(23)11-16/h1-12H,(H2,26,27,30). The molecule has 3 aromatic rings. The summed E-state index contributed by atoms with van der Waals surface area (Å²) in [6.45, 7) is 0. The highest BCUT2D eigenvalue weighted by Crippen LogP contribution is 2.24. The van der Waals surface area contributed by atoms with Crippen LogP contribution in [0.1, 0.15) is 15.9 Å². The van der Waals surface area contributed by atoms with Crippen molar-refractivity contribution < 1.29 is 9.53 Å². The van der Waals surface area contributed by atoms with Crippen LogP contribution in [0.2, 0.25) is 10.0 Å². The summed E-state index contributed by atoms with van der Waals surface area (Å²) in [5, 5.41) is 8.26. The first kappa shape index (κ1) is 22.2. The summed E-state index contributed by atoms with van der Waals surface area (Å²) in [4.78, 5) is 12.5. The van der Waals surface area contributed by atoms with Gasteiger partial charge in [0.05, 0.1) is 16.8 Å². The Bertz CT molecular complexity index is 1120. The Balaban J connectivity index is 1.69. The molecule has 152 valence electrons. The van der Waals surface area contributed by atoms with E-state index in [2.05, 4.69) is 31.8 Å². The molecule has 30 heavy (non-hydrogen) atoms. The Morgan fingerprint density at radius 3 is 2.63 bits per heavy atom. The molecule has 0 fully saturated rings. The van der Waals surface area contributed by atoms with E-state index in [-0.39, 0.29) is 10.7 Å². The van der Waals surface area contributed by atoms with E-state index in [0.29, 0.717) is 21.4 Å². The average Bonchev–Trinajstić information content (AvgIpc) is 2.70. The molecule has 0 saturated carbocycles. The smallest absolute Gasteiger partial charge is 0.345 e. The van der Waals surface area contributed by atoms with Gasteiger partial charge in [0.25, 0.3) is 0 Å². The summed E-state index contributed by atoms with van der Waals surface area (Å²) >= 11 is 20.6. The fraction of sp³-hybridized carbons (Fsp3) is 0. The SMILES string of the molecule is O=C(Oc1ccc(Br)cc1C=NNC(=S)Nc1cccc(Cl)c1)c1ccccc1Cl. The van der Waals surface area contributed by atoms with E-state index in [1.54, 1.807) is 60.7 Å². The minimum atomic E-state index is -0.566. The van der Waals surface area contributed by atoms with Crippen LogP contribution in [0.25, 0.3) is 0 Å². The molecule has 0 bridgehead atoms. The van der Waals surface area contributed by atoms with Gasteiger partial charge in [-0.2, -0.15) is 5.10 Å². The summed E-state index contributed by atoms with van der Waals surface area (Å²) in [5.41, 5.74) is 4.27. The van der Waals surface area contributed by atoms with E-state index >= 15 is 0 Å². The average molecular weight is 523 g/mol. The van der Waals surface area contributed by atoms with Crippen molar-refractivity contribution in [2.45, 2.75) is 0 Å². The van der Waals surface area contributed by atoms with Crippen molar-refractivity contribution in [3.8, 4) is 5.75 Å². The maximum Gasteiger partial charge on any atom is 0.345 e. The summed E-state index contributed by atoms with van der Waals surface area (Å²) in [5.74, 6) is -0.244. The number of ether oxygens (including phenoxy) is 1. The molecule has 0 aliphatic carbocycles. The van der Waals surface area contributed by atoms with Crippen LogP contribution < -0.4 is 15.5 Å². The van der Waals surface area contributed by atoms with Crippen LogP contribution in [0.3, 0.4) is 0 Å². The van der Waals surface area contributed by atoms with Crippen LogP contribution >= 0.6 is 51.3 Å². The lowest BCUT2D eigenvalue weighted by atomic mass is 10.2. The Morgan fingerprint density at radius 2 is 1.87 bits per heavy atom. The lowest BCUT2D eigenvalue weighted by molar-refractivity contribution is 0.0734. The zero-order chi connectivity index (χ0) is 21.5. The number of carbonyl (C=O) groups excluding carboxylic acids is 1. The zero-order valence-corrected chi connectivity index (χ0v) is 19.1. The van der Waals surface area contributed by atoms with Crippen LogP contribution in [0, 0.1) is 0 Å². The molecule has 0 amide bonds. The third-order valence-corrected chi connectivity index (χ3v) is 4.97. The molecule has 0 saturated heterocycles. The van der Waals surface area contributed by atoms with Gasteiger partial charge in [-0.25, -0.2) is 4.79 Å². The molecule has 0 heterocycles. The van der Waals surface area contributed by atoms with E-state index in [9.17, 15) is 4.79 Å². The van der Waals surface area contributed by atoms with Gasteiger partial charge < -0.3 is 10.1 Å². The van der Waals surface area contributed by atoms with Gasteiger partial charge in [-0.1, -0.05) is 57.3 Å². The van der Waals surface area contributed by atoms with E-state index in [1.807, 2.05) is 6.07 Å². The number of hydrogen-bond acceptors (Lipinski definition) is 4. The molecule has 0 aromatic heterocycles. The summed E-state index contributed by atoms with van der Waals surface area (Å²) in [7, 11) is 0. The number of nitrogens with zero attached hydrogens (tertiary/aromatic N) is 1. The molecule has 0 atom stereocenters. The van der Waals surface area contributed by atoms with Crippen LogP contribution in [-0.4, -0.2) is 17.3 Å². The predicted molar refractivity (Wildman–Crippen MR) is 129 cm³/mol. The van der Waals surface area contributed by atoms with Crippen LogP contribution in [0.15, 0.2) is 76.3 Å². The first-order chi connectivity index (χ1) is 14.4. The second kappa shape index (κ2) is 10.5. The fourth-order valence-corrected chi connectivity index (χ4v) is 3.33. The maximum atomic E-state index is 12.5. The number of anilines is 1. The largest absolute Gasteiger partial charge is 0.422 e. The molecule has 0 spiro atoms. The minimum Gasteiger partial charge on any atom is -0.422 e. The topological polar surface area (TPSA) is 62.7 Å². The Hall–Kier alpha value is -2.45. The number of nitrogens with one attached hydrogen (secondary N) is 2. The van der Waals surface area contributed by atoms with E-state index in [0.717, 1.165) is 10.2 Å². The summed E-state index contributed by atoms with van der Waals surface area (Å²) < 4.78 is 6.30. The second-order valence-corrected chi connectivity index (χ2v) is 8.05. The highest BCUT2D eigenvalue weighted by atomic mass is 79.9. The lowest BCUT2D eigenvalue weighted by Crippen LogP contribution is -2.23. The summed E-state index contributed by atoms with van der Waals surface area (Å²) in [6, 6.07) is 19.0. The Morgan fingerprint density at radius 1 is 1.07 bits per heavy atom. The van der Waals surface area contributed by atoms with E-state index in [4.69, 9.17) is 40.2 Å². The lowest BCUT2D eigenvalue weighted by Gasteiger charge is -2.09. The second-order valence-electron chi connectivity index (χ2n) is 5.89. The van der Waals surface area contributed by atoms with Gasteiger partial charge in [-0.05, 0) is 60.7 Å². The van der Waals surface area contributed by atoms with E-state index in [1.165, 1.54) is 6.21 Å². The number of carbonyl (C=O) groups is 1. The molecule has 5 nitrogen and oxygen atoms in total. The van der Waals surface area contributed by atoms with Crippen molar-refractivity contribution in [2.75, 3.05) is 5.32 Å². The molecular weight excluding hydrogens is 509 g/mol. The normalized spacial score (nSPS) is 10.6. The van der Waals surface area contributed by atoms with Gasteiger partial charge >= 0.3 is 5.97 Å². The van der Waals surface area contributed by atoms with Crippen molar-refractivity contribution in [1.82, 2.24) is 5.43 Å². The molecule has 0 unspecified atom stereocenters. The number of hydrazone groups is 1. The van der Waals surface area contributed by atoms with Crippen molar-refractivity contribution in [3.05, 3.63) is 92.4 Å². The van der Waals surface area contributed by atoms with Gasteiger partial charge in [0.1, 0.15) is 5.75 Å². The molecule has 0 radical (unpaired) electrons. The van der Waals surface area contributed by atoms with Crippen LogP contribution in [-0.2, 0) is 0 Å². The fourth-order valence-electron chi connectivity index (χ4n) is 2.38. The monoisotopic (exact) mass is 521 g/mol. The minimum absolute atomic E-state index is 0.273. The van der Waals surface area contributed by atoms with Gasteiger partial charge in [-0.3, -0.25) is 5.43 Å². The first-order valence-corrected chi connectivity index (χ1v) is 10.5. The van der Waals surface area contributed by atoms with Gasteiger partial charge in [0.2, 0.25) is 0 Å². The third-order valence-electron chi connectivity index (χ3n) is 3.72. The highest BCUT2D eigenvalue weighted by Gasteiger charge is 2.14. The van der Waals surface area contributed by atoms with Crippen LogP contribution in [0.4, 0.5) is 5.69 Å². The Kier molecular flexibility index (Phi) is 7.81. The number of thiocarbonyl (C=S) groups is 1. The zero-order valence-electron chi connectivity index (χ0n) is 15.2. The molecule has 0 aliphatic rings. The molecule has 3 rings (SSSR count). The summed E-state index contributed by atoms with van der Waals surface area (Å²) in [6.07, 6.45) is 1.49. The van der Waals surface area contributed by atoms with Gasteiger partial charge in [0, 0.05) is 20.7 Å². The quantitative estimate of drug-likeness (QED) is 0.135. The Labute approximate surface area is 197 Å². The molecule has 3 aromatic carbocycles. The molecule has 0 aliphatic heterocycles. The number of hydrogen-bond donors (Lipinski definition) is 2. The van der Waals surface area contributed by atoms with Crippen molar-refractivity contribution >= 4 is 74.3 Å². The van der Waals surface area contributed by atoms with Crippen molar-refractivity contribution in [3.63, 3.8) is 0 Å². The molecule has 9 heteroatoms. The number of halogens is 3. The first-order valence-electron chi connectivity index (χ1n) is 8.54. The number of esters is 1. The highest BCUT2D eigenvalue weighted by molar-refractivity contribution is 9.10. The van der Waals surface area contributed by atoms with Gasteiger partial charge in [-0.15, -0.1) is 0 Å². The van der Waals surface area contributed by atoms with Gasteiger partial charge in [0.15, 0.2) is 5.11 Å². The number of benzene rings is 3. The number of rotatable bonds is 5. The molecule has 2 N–H and O–H groups in total. The van der Waals surface area contributed by atoms with Crippen molar-refractivity contribution in [1.29, 1.82) is 0 Å². The maximum absolute atomic E-state index is 12.5. The predicted octanol–water partition coefficient (Wildman–Crippen LogP) is 6.30. The molecular formula is C21H14BrCl2N3O2S. The van der Waals surface area contributed by atoms with Crippen LogP contribution in [0.5, 0.6) is 5.75 Å².